The highest BCUT2D eigenvalue weighted by atomic mass is 79.9. The molecule has 0 fully saturated rings. The molecule has 0 amide bonds. The van der Waals surface area contributed by atoms with E-state index in [0.29, 0.717) is 16.7 Å². The van der Waals surface area contributed by atoms with Gasteiger partial charge in [0.1, 0.15) is 0 Å². The molecule has 5 aromatic rings. The van der Waals surface area contributed by atoms with Crippen LogP contribution in [0.25, 0.3) is 44.1 Å². The van der Waals surface area contributed by atoms with Crippen LogP contribution in [-0.2, 0) is 6.61 Å². The molecule has 5 rings (SSSR count). The number of aromatic nitrogens is 2. The Morgan fingerprint density at radius 1 is 0.815 bits per heavy atom. The van der Waals surface area contributed by atoms with E-state index in [0.717, 1.165) is 37.4 Å². The van der Waals surface area contributed by atoms with Crippen LogP contribution in [0.3, 0.4) is 0 Å². The number of hydrogen-bond donors (Lipinski definition) is 3. The van der Waals surface area contributed by atoms with E-state index in [1.54, 1.807) is 12.4 Å². The maximum absolute atomic E-state index is 12.5. The van der Waals surface area contributed by atoms with Crippen LogP contribution >= 0.6 is 15.9 Å². The molecule has 3 N–H and O–H groups in total. The van der Waals surface area contributed by atoms with Gasteiger partial charge in [0.15, 0.2) is 0 Å². The van der Waals surface area contributed by atoms with Crippen LogP contribution in [0.1, 0.15) is 5.56 Å². The summed E-state index contributed by atoms with van der Waals surface area (Å²) in [5.41, 5.74) is 3.80. The SMILES string of the molecule is O=c1c(-c2c[nH]c3ccc(Br)cc23)c(-c2c[nH]c3ccc(CO)cc23)c1=O. The Morgan fingerprint density at radius 3 is 1.96 bits per heavy atom. The van der Waals surface area contributed by atoms with Crippen molar-refractivity contribution in [2.45, 2.75) is 6.61 Å². The van der Waals surface area contributed by atoms with Crippen molar-refractivity contribution in [1.29, 1.82) is 0 Å². The number of benzene rings is 2. The second-order valence-electron chi connectivity index (χ2n) is 6.54. The fourth-order valence-corrected chi connectivity index (χ4v) is 4.04. The van der Waals surface area contributed by atoms with E-state index in [4.69, 9.17) is 0 Å². The second-order valence-corrected chi connectivity index (χ2v) is 7.46. The third-order valence-corrected chi connectivity index (χ3v) is 5.51. The number of aromatic amines is 2. The molecule has 3 aromatic carbocycles. The molecule has 132 valence electrons. The lowest BCUT2D eigenvalue weighted by molar-refractivity contribution is 0.282. The van der Waals surface area contributed by atoms with Crippen molar-refractivity contribution in [2.75, 3.05) is 0 Å². The van der Waals surface area contributed by atoms with Gasteiger partial charge in [0, 0.05) is 60.9 Å². The van der Waals surface area contributed by atoms with Gasteiger partial charge in [-0.2, -0.15) is 0 Å². The molecule has 0 bridgehead atoms. The van der Waals surface area contributed by atoms with Crippen LogP contribution < -0.4 is 10.9 Å². The average molecular weight is 421 g/mol. The van der Waals surface area contributed by atoms with Gasteiger partial charge in [0.05, 0.1) is 6.61 Å². The summed E-state index contributed by atoms with van der Waals surface area (Å²) < 4.78 is 0.899. The summed E-state index contributed by atoms with van der Waals surface area (Å²) in [4.78, 5) is 31.2. The first-order chi connectivity index (χ1) is 13.1. The average Bonchev–Trinajstić information content (AvgIpc) is 3.28. The van der Waals surface area contributed by atoms with Crippen LogP contribution in [-0.4, -0.2) is 15.1 Å². The maximum atomic E-state index is 12.5. The molecule has 0 radical (unpaired) electrons. The fraction of sp³-hybridized carbons (Fsp3) is 0.0476. The van der Waals surface area contributed by atoms with Crippen LogP contribution in [0.15, 0.2) is 62.9 Å². The molecule has 0 spiro atoms. The van der Waals surface area contributed by atoms with Gasteiger partial charge in [-0.15, -0.1) is 0 Å². The van der Waals surface area contributed by atoms with E-state index < -0.39 is 10.9 Å². The van der Waals surface area contributed by atoms with Crippen LogP contribution in [0.2, 0.25) is 0 Å². The zero-order chi connectivity index (χ0) is 18.7. The minimum Gasteiger partial charge on any atom is -0.392 e. The highest BCUT2D eigenvalue weighted by Gasteiger charge is 2.27. The van der Waals surface area contributed by atoms with Gasteiger partial charge in [0.25, 0.3) is 0 Å². The Balaban J connectivity index is 1.79. The van der Waals surface area contributed by atoms with E-state index in [2.05, 4.69) is 25.9 Å². The van der Waals surface area contributed by atoms with Crippen molar-refractivity contribution in [3.8, 4) is 22.3 Å². The van der Waals surface area contributed by atoms with E-state index in [1.165, 1.54) is 0 Å². The van der Waals surface area contributed by atoms with Crippen molar-refractivity contribution >= 4 is 37.7 Å². The standard InChI is InChI=1S/C21H13BrN2O3/c22-11-2-4-17-13(6-11)15(8-24-17)19-18(20(26)21(19)27)14-7-23-16-3-1-10(9-25)5-12(14)16/h1-8,23-25H,9H2. The predicted octanol–water partition coefficient (Wildman–Crippen LogP) is 3.83. The zero-order valence-corrected chi connectivity index (χ0v) is 15.6. The molecular weight excluding hydrogens is 408 g/mol. The van der Waals surface area contributed by atoms with Crippen molar-refractivity contribution in [3.05, 3.63) is 79.3 Å². The molecule has 0 saturated heterocycles. The van der Waals surface area contributed by atoms with Crippen LogP contribution in [0.4, 0.5) is 0 Å². The van der Waals surface area contributed by atoms with Gasteiger partial charge in [0.2, 0.25) is 10.9 Å². The van der Waals surface area contributed by atoms with Gasteiger partial charge in [-0.05, 0) is 35.9 Å². The normalized spacial score (nSPS) is 11.8. The van der Waals surface area contributed by atoms with Gasteiger partial charge in [-0.25, -0.2) is 0 Å². The molecule has 2 heterocycles. The Morgan fingerprint density at radius 2 is 1.37 bits per heavy atom. The van der Waals surface area contributed by atoms with Crippen LogP contribution in [0.5, 0.6) is 0 Å². The first kappa shape index (κ1) is 16.2. The zero-order valence-electron chi connectivity index (χ0n) is 14.0. The van der Waals surface area contributed by atoms with Gasteiger partial charge < -0.3 is 15.1 Å². The highest BCUT2D eigenvalue weighted by Crippen LogP contribution is 2.37. The lowest BCUT2D eigenvalue weighted by Gasteiger charge is -2.10. The minimum atomic E-state index is -0.482. The number of nitrogens with one attached hydrogen (secondary N) is 2. The summed E-state index contributed by atoms with van der Waals surface area (Å²) in [5.74, 6) is 0. The molecule has 27 heavy (non-hydrogen) atoms. The Kier molecular flexibility index (Phi) is 3.47. The molecule has 0 unspecified atom stereocenters. The Bertz CT molecular complexity index is 1420. The lowest BCUT2D eigenvalue weighted by atomic mass is 9.89. The number of rotatable bonds is 3. The number of fused-ring (bicyclic) bond motifs is 2. The van der Waals surface area contributed by atoms with E-state index in [1.807, 2.05) is 36.4 Å². The molecule has 0 aliphatic heterocycles. The van der Waals surface area contributed by atoms with Crippen molar-refractivity contribution in [1.82, 2.24) is 9.97 Å². The quantitative estimate of drug-likeness (QED) is 0.387. The van der Waals surface area contributed by atoms with Crippen molar-refractivity contribution < 1.29 is 5.11 Å². The number of hydrogen-bond acceptors (Lipinski definition) is 3. The lowest BCUT2D eigenvalue weighted by Crippen LogP contribution is -2.34. The highest BCUT2D eigenvalue weighted by molar-refractivity contribution is 9.10. The first-order valence-electron chi connectivity index (χ1n) is 8.40. The molecular formula is C21H13BrN2O3. The smallest absolute Gasteiger partial charge is 0.235 e. The second kappa shape index (κ2) is 5.77. The Hall–Kier alpha value is -2.96. The van der Waals surface area contributed by atoms with E-state index in [-0.39, 0.29) is 6.61 Å². The molecule has 2 aromatic heterocycles. The van der Waals surface area contributed by atoms with E-state index >= 15 is 0 Å². The summed E-state index contributed by atoms with van der Waals surface area (Å²) in [5, 5.41) is 11.1. The minimum absolute atomic E-state index is 0.0875. The molecule has 6 heteroatoms. The summed E-state index contributed by atoms with van der Waals surface area (Å²) in [6.07, 6.45) is 3.51. The van der Waals surface area contributed by atoms with Crippen molar-refractivity contribution in [2.24, 2.45) is 0 Å². The molecule has 0 atom stereocenters. The third-order valence-electron chi connectivity index (χ3n) is 5.02. The number of aliphatic hydroxyl groups excluding tert-OH is 1. The predicted molar refractivity (Wildman–Crippen MR) is 110 cm³/mol. The van der Waals surface area contributed by atoms with Gasteiger partial charge >= 0.3 is 0 Å². The number of halogens is 1. The van der Waals surface area contributed by atoms with Gasteiger partial charge in [-0.1, -0.05) is 22.0 Å². The number of H-pyrrole nitrogens is 2. The molecule has 0 aliphatic carbocycles. The molecule has 5 nitrogen and oxygen atoms in total. The van der Waals surface area contributed by atoms with Crippen molar-refractivity contribution in [3.63, 3.8) is 0 Å². The molecule has 0 aliphatic rings. The fourth-order valence-electron chi connectivity index (χ4n) is 3.68. The third kappa shape index (κ3) is 2.27. The van der Waals surface area contributed by atoms with E-state index in [9.17, 15) is 14.7 Å². The maximum Gasteiger partial charge on any atom is 0.235 e. The topological polar surface area (TPSA) is 85.9 Å². The first-order valence-corrected chi connectivity index (χ1v) is 9.19. The largest absolute Gasteiger partial charge is 0.392 e. The Labute approximate surface area is 161 Å². The summed E-state index contributed by atoms with van der Waals surface area (Å²) in [7, 11) is 0. The summed E-state index contributed by atoms with van der Waals surface area (Å²) in [6.45, 7) is -0.0875. The summed E-state index contributed by atoms with van der Waals surface area (Å²) in [6, 6.07) is 11.3. The van der Waals surface area contributed by atoms with Crippen LogP contribution in [0, 0.1) is 0 Å². The molecule has 0 saturated carbocycles. The summed E-state index contributed by atoms with van der Waals surface area (Å²) >= 11 is 3.46. The van der Waals surface area contributed by atoms with Gasteiger partial charge in [-0.3, -0.25) is 9.59 Å². The monoisotopic (exact) mass is 420 g/mol. The number of aliphatic hydroxyl groups is 1.